The van der Waals surface area contributed by atoms with E-state index in [1.807, 2.05) is 6.07 Å². The molecule has 0 fully saturated rings. The quantitative estimate of drug-likeness (QED) is 0.116. The Hall–Kier alpha value is -9.06. The lowest BCUT2D eigenvalue weighted by Gasteiger charge is -2.09. The van der Waals surface area contributed by atoms with Gasteiger partial charge in [-0.3, -0.25) is 19.4 Å². The number of aliphatic carboxylic acids is 3. The van der Waals surface area contributed by atoms with Gasteiger partial charge in [0.2, 0.25) is 29.5 Å². The molecule has 13 rings (SSSR count). The minimum absolute atomic E-state index is 0.0833. The van der Waals surface area contributed by atoms with Crippen LogP contribution in [0.1, 0.15) is 50.5 Å². The largest absolute Gasteiger partial charge is 0.480 e. The molecule has 6 aromatic carbocycles. The maximum atomic E-state index is 14.1. The average molecular weight is 1260 g/mol. The van der Waals surface area contributed by atoms with Crippen molar-refractivity contribution in [2.75, 3.05) is 0 Å². The molecule has 3 aliphatic heterocycles. The Morgan fingerprint density at radius 1 is 0.430 bits per heavy atom. The van der Waals surface area contributed by atoms with Crippen LogP contribution in [-0.2, 0) is 63.5 Å². The van der Waals surface area contributed by atoms with Crippen molar-refractivity contribution in [1.29, 1.82) is 0 Å². The number of hydrogen-bond donors (Lipinski definition) is 3. The summed E-state index contributed by atoms with van der Waals surface area (Å²) >= 11 is 11.9. The Bertz CT molecular complexity index is 5110. The molecule has 3 N–H and O–H groups in total. The van der Waals surface area contributed by atoms with Gasteiger partial charge in [-0.25, -0.2) is 38.4 Å². The van der Waals surface area contributed by atoms with Gasteiger partial charge >= 0.3 is 17.9 Å². The first kappa shape index (κ1) is 58.7. The number of carboxylic acids is 3. The second-order valence-electron chi connectivity index (χ2n) is 20.3. The SMILES string of the molecule is Cc1c(C2=CS(=O)(=O)c3cc(-c4ccncc4)ccc32)c2cc(F)ccc2n1CC(=O)O.Cc1c(C2=CS(=O)(=O)c3cc(Cl)ccc32)c2cc(F)ccc2n1CC(=O)O.Cc1c(C2=CS(=O)(=O)c3cc(Cl)ccc32)c2ccc(F)cc2n1CC(=O)O. The number of halogens is 5. The molecule has 0 saturated heterocycles. The minimum atomic E-state index is -3.74. The average Bonchev–Trinajstić information content (AvgIpc) is 1.63. The summed E-state index contributed by atoms with van der Waals surface area (Å²) in [5, 5.41) is 33.4. The number of nitrogens with zero attached hydrogens (tertiary/aromatic N) is 4. The van der Waals surface area contributed by atoms with Gasteiger partial charge in [0.25, 0.3) is 0 Å². The number of aromatic nitrogens is 4. The zero-order chi connectivity index (χ0) is 61.6. The first-order valence-corrected chi connectivity index (χ1v) is 31.1. The summed E-state index contributed by atoms with van der Waals surface area (Å²) in [5.41, 5.74) is 8.96. The van der Waals surface area contributed by atoms with Crippen molar-refractivity contribution < 1.29 is 68.1 Å². The highest BCUT2D eigenvalue weighted by atomic mass is 35.5. The second kappa shape index (κ2) is 21.8. The van der Waals surface area contributed by atoms with E-state index in [1.165, 1.54) is 81.3 Å². The molecule has 3 aliphatic rings. The molecule has 0 atom stereocenters. The number of pyridine rings is 1. The van der Waals surface area contributed by atoms with E-state index in [0.717, 1.165) is 21.9 Å². The molecule has 4 aromatic heterocycles. The van der Waals surface area contributed by atoms with Gasteiger partial charge in [0.15, 0.2) is 0 Å². The molecule has 7 heterocycles. The van der Waals surface area contributed by atoms with E-state index in [2.05, 4.69) is 4.98 Å². The third-order valence-corrected chi connectivity index (χ3v) is 20.0. The van der Waals surface area contributed by atoms with Crippen LogP contribution in [-0.4, -0.2) is 77.2 Å². The summed E-state index contributed by atoms with van der Waals surface area (Å²) in [6, 6.07) is 30.1. The highest BCUT2D eigenvalue weighted by Crippen LogP contribution is 2.47. The van der Waals surface area contributed by atoms with E-state index < -0.39 is 64.9 Å². The molecule has 0 spiro atoms. The Morgan fingerprint density at radius 3 is 1.21 bits per heavy atom. The van der Waals surface area contributed by atoms with Gasteiger partial charge in [-0.1, -0.05) is 47.5 Å². The lowest BCUT2D eigenvalue weighted by Crippen LogP contribution is -2.10. The molecular weight excluding hydrogens is 1220 g/mol. The monoisotopic (exact) mass is 1260 g/mol. The Kier molecular flexibility index (Phi) is 14.9. The van der Waals surface area contributed by atoms with Gasteiger partial charge in [-0.2, -0.15) is 0 Å². The predicted molar refractivity (Wildman–Crippen MR) is 318 cm³/mol. The van der Waals surface area contributed by atoms with Crippen LogP contribution in [0.15, 0.2) is 165 Å². The van der Waals surface area contributed by atoms with Crippen molar-refractivity contribution in [3.8, 4) is 11.1 Å². The van der Waals surface area contributed by atoms with E-state index in [9.17, 15) is 68.1 Å². The molecule has 0 amide bonds. The van der Waals surface area contributed by atoms with Gasteiger partial charge in [0, 0.05) is 133 Å². The summed E-state index contributed by atoms with van der Waals surface area (Å²) in [7, 11) is -11.1. The molecule has 436 valence electrons. The van der Waals surface area contributed by atoms with Crippen molar-refractivity contribution in [1.82, 2.24) is 18.7 Å². The molecule has 24 heteroatoms. The predicted octanol–water partition coefficient (Wildman–Crippen LogP) is 12.4. The van der Waals surface area contributed by atoms with E-state index >= 15 is 0 Å². The van der Waals surface area contributed by atoms with Crippen LogP contribution in [0.2, 0.25) is 10.0 Å². The van der Waals surface area contributed by atoms with Crippen molar-refractivity contribution in [2.24, 2.45) is 0 Å². The number of fused-ring (bicyclic) bond motifs is 6. The molecule has 0 saturated carbocycles. The molecule has 0 unspecified atom stereocenters. The highest BCUT2D eigenvalue weighted by Gasteiger charge is 2.35. The van der Waals surface area contributed by atoms with E-state index in [-0.39, 0.29) is 34.3 Å². The Labute approximate surface area is 498 Å². The number of carboxylic acid groups (broad SMARTS) is 3. The lowest BCUT2D eigenvalue weighted by atomic mass is 9.95. The van der Waals surface area contributed by atoms with Crippen molar-refractivity contribution in [3.63, 3.8) is 0 Å². The molecule has 0 bridgehead atoms. The number of sulfone groups is 3. The third kappa shape index (κ3) is 10.5. The molecule has 16 nitrogen and oxygen atoms in total. The number of hydrogen-bond acceptors (Lipinski definition) is 10. The second-order valence-corrected chi connectivity index (χ2v) is 26.4. The van der Waals surface area contributed by atoms with Crippen LogP contribution in [0.25, 0.3) is 60.6 Å². The van der Waals surface area contributed by atoms with Crippen LogP contribution in [0.5, 0.6) is 0 Å². The standard InChI is InChI=1S/C24H17FN2O4S.2C19H13ClFNO4S/c1-14-24(19-11-17(25)3-5-21(19)27(14)12-23(28)29)20-13-32(30,31)22-10-16(2-4-18(20)22)15-6-8-26-9-7-15;1-10-19(14-7-12(21)3-5-16(14)22(10)8-18(23)24)15-9-27(25,26)17-6-11(20)2-4-13(15)17;1-10-19(14-5-3-12(21)7-16(14)22(10)8-18(23)24)15-9-27(25,26)17-6-11(20)2-4-13(15)17/h2-11,13H,12H2,1H3,(H,28,29);2*2-7,9H,8H2,1H3,(H,23,24). The maximum absolute atomic E-state index is 14.1. The van der Waals surface area contributed by atoms with Crippen LogP contribution < -0.4 is 0 Å². The number of rotatable bonds is 10. The first-order valence-electron chi connectivity index (χ1n) is 25.7. The summed E-state index contributed by atoms with van der Waals surface area (Å²) in [6.45, 7) is 4.10. The third-order valence-electron chi connectivity index (χ3n) is 15.0. The molecule has 0 aliphatic carbocycles. The molecule has 86 heavy (non-hydrogen) atoms. The van der Waals surface area contributed by atoms with Gasteiger partial charge in [0.1, 0.15) is 37.1 Å². The number of carbonyl (C=O) groups is 3. The van der Waals surface area contributed by atoms with Gasteiger partial charge < -0.3 is 29.0 Å². The van der Waals surface area contributed by atoms with Crippen molar-refractivity contribution >= 4 is 120 Å². The summed E-state index contributed by atoms with van der Waals surface area (Å²) in [4.78, 5) is 38.3. The van der Waals surface area contributed by atoms with Crippen molar-refractivity contribution in [2.45, 2.75) is 55.1 Å². The fraction of sp³-hybridized carbons (Fsp3) is 0.0968. The van der Waals surface area contributed by atoms with E-state index in [0.29, 0.717) is 110 Å². The van der Waals surface area contributed by atoms with Crippen LogP contribution in [0, 0.1) is 38.2 Å². The highest BCUT2D eigenvalue weighted by molar-refractivity contribution is 7.95. The zero-order valence-corrected chi connectivity index (χ0v) is 48.9. The van der Waals surface area contributed by atoms with Crippen LogP contribution in [0.3, 0.4) is 0 Å². The Morgan fingerprint density at radius 2 is 0.791 bits per heavy atom. The van der Waals surface area contributed by atoms with Crippen molar-refractivity contribution in [3.05, 3.63) is 228 Å². The van der Waals surface area contributed by atoms with Gasteiger partial charge in [-0.15, -0.1) is 0 Å². The minimum Gasteiger partial charge on any atom is -0.480 e. The Balaban J connectivity index is 0.000000135. The first-order chi connectivity index (χ1) is 40.6. The van der Waals surface area contributed by atoms with E-state index in [1.54, 1.807) is 86.3 Å². The van der Waals surface area contributed by atoms with Gasteiger partial charge in [-0.05, 0) is 129 Å². The summed E-state index contributed by atoms with van der Waals surface area (Å²) in [6.07, 6.45) is 3.27. The van der Waals surface area contributed by atoms with E-state index in [4.69, 9.17) is 23.2 Å². The van der Waals surface area contributed by atoms with Crippen LogP contribution >= 0.6 is 23.2 Å². The normalized spacial score (nSPS) is 14.8. The fourth-order valence-corrected chi connectivity index (χ4v) is 16.3. The number of benzene rings is 6. The topological polar surface area (TPSA) is 242 Å². The molecule has 10 aromatic rings. The van der Waals surface area contributed by atoms with Crippen LogP contribution in [0.4, 0.5) is 13.2 Å². The van der Waals surface area contributed by atoms with Gasteiger partial charge in [0.05, 0.1) is 20.2 Å². The zero-order valence-electron chi connectivity index (χ0n) is 45.0. The molecule has 0 radical (unpaired) electrons. The smallest absolute Gasteiger partial charge is 0.323 e. The lowest BCUT2D eigenvalue weighted by molar-refractivity contribution is -0.138. The molecular formula is C62H43Cl2F3N4O12S3. The summed E-state index contributed by atoms with van der Waals surface area (Å²) < 4.78 is 123. The summed E-state index contributed by atoms with van der Waals surface area (Å²) in [5.74, 6) is -4.65. The fourth-order valence-electron chi connectivity index (χ4n) is 11.4. The maximum Gasteiger partial charge on any atom is 0.323 e.